The van der Waals surface area contributed by atoms with Gasteiger partial charge in [-0.3, -0.25) is 0 Å². The van der Waals surface area contributed by atoms with Crippen LogP contribution in [-0.4, -0.2) is 41.6 Å². The smallest absolute Gasteiger partial charge is 0.473 e. The first-order chi connectivity index (χ1) is 9.92. The monoisotopic (exact) mass is 370 g/mol. The van der Waals surface area contributed by atoms with E-state index >= 15 is 0 Å². The molecule has 0 spiro atoms. The van der Waals surface area contributed by atoms with E-state index in [1.807, 2.05) is 0 Å². The molecule has 0 aromatic heterocycles. The summed E-state index contributed by atoms with van der Waals surface area (Å²) >= 11 is 0. The van der Waals surface area contributed by atoms with Gasteiger partial charge in [0.15, 0.2) is 0 Å². The minimum absolute atomic E-state index is 1.13. The molecular weight excluding hydrogens is 365 g/mol. The van der Waals surface area contributed by atoms with Crippen molar-refractivity contribution in [2.24, 2.45) is 0 Å². The number of carboxylic acids is 1. The highest BCUT2D eigenvalue weighted by Gasteiger charge is 2.75. The van der Waals surface area contributed by atoms with Crippen molar-refractivity contribution in [1.82, 2.24) is 0 Å². The lowest BCUT2D eigenvalue weighted by molar-refractivity contribution is -0.413. The topological polar surface area (TPSA) is 46.5 Å². The zero-order valence-electron chi connectivity index (χ0n) is 10.3. The third kappa shape index (κ3) is 5.42. The SMILES string of the molecule is O=C(O)C(=COC(F)(F)C(F)(F)C(F)(F)F)C(F)CC(F)(F)F. The Balaban J connectivity index is 5.45. The van der Waals surface area contributed by atoms with Crippen LogP contribution in [0.1, 0.15) is 6.42 Å². The van der Waals surface area contributed by atoms with Gasteiger partial charge < -0.3 is 9.84 Å². The molecule has 0 amide bonds. The molecule has 0 aliphatic carbocycles. The molecule has 0 aromatic rings. The molecule has 0 rings (SSSR count). The number of carboxylic acid groups (broad SMARTS) is 1. The third-order valence-electron chi connectivity index (χ3n) is 2.05. The Labute approximate surface area is 119 Å². The third-order valence-corrected chi connectivity index (χ3v) is 2.05. The van der Waals surface area contributed by atoms with Gasteiger partial charge >= 0.3 is 30.4 Å². The van der Waals surface area contributed by atoms with E-state index in [1.54, 1.807) is 0 Å². The predicted octanol–water partition coefficient (Wildman–Crippen LogP) is 4.05. The number of alkyl halides is 11. The van der Waals surface area contributed by atoms with Crippen molar-refractivity contribution in [3.63, 3.8) is 0 Å². The summed E-state index contributed by atoms with van der Waals surface area (Å²) in [5, 5.41) is 8.29. The molecule has 136 valence electrons. The van der Waals surface area contributed by atoms with Crippen LogP contribution in [0.15, 0.2) is 11.8 Å². The standard InChI is InChI=1S/C9H5F11O3/c10-4(1-6(11,12)13)3(5(21)22)2-23-9(19,20)7(14,15)8(16,17)18/h2,4H,1H2,(H,21,22). The van der Waals surface area contributed by atoms with Crippen LogP contribution in [0.5, 0.6) is 0 Å². The molecule has 0 aromatic carbocycles. The summed E-state index contributed by atoms with van der Waals surface area (Å²) in [4.78, 5) is 10.4. The van der Waals surface area contributed by atoms with Crippen molar-refractivity contribution in [3.8, 4) is 0 Å². The minimum atomic E-state index is -6.82. The van der Waals surface area contributed by atoms with Crippen molar-refractivity contribution in [3.05, 3.63) is 11.8 Å². The second kappa shape index (κ2) is 6.39. The van der Waals surface area contributed by atoms with E-state index in [4.69, 9.17) is 5.11 Å². The molecule has 0 aliphatic heterocycles. The summed E-state index contributed by atoms with van der Waals surface area (Å²) in [6.45, 7) is 0. The number of ether oxygens (including phenoxy) is 1. The van der Waals surface area contributed by atoms with Crippen LogP contribution < -0.4 is 0 Å². The van der Waals surface area contributed by atoms with Crippen molar-refractivity contribution in [2.45, 2.75) is 37.0 Å². The van der Waals surface area contributed by atoms with Gasteiger partial charge in [-0.15, -0.1) is 0 Å². The first kappa shape index (κ1) is 21.2. The average molecular weight is 370 g/mol. The van der Waals surface area contributed by atoms with E-state index in [9.17, 15) is 53.1 Å². The Morgan fingerprint density at radius 3 is 1.74 bits per heavy atom. The second-order valence-corrected chi connectivity index (χ2v) is 3.87. The predicted molar refractivity (Wildman–Crippen MR) is 48.3 cm³/mol. The van der Waals surface area contributed by atoms with Crippen molar-refractivity contribution in [2.75, 3.05) is 0 Å². The molecule has 0 bridgehead atoms. The fourth-order valence-electron chi connectivity index (χ4n) is 0.948. The van der Waals surface area contributed by atoms with Crippen molar-refractivity contribution in [1.29, 1.82) is 0 Å². The highest BCUT2D eigenvalue weighted by molar-refractivity contribution is 5.87. The first-order valence-corrected chi connectivity index (χ1v) is 5.06. The molecule has 1 atom stereocenters. The van der Waals surface area contributed by atoms with Gasteiger partial charge in [-0.1, -0.05) is 0 Å². The first-order valence-electron chi connectivity index (χ1n) is 5.06. The molecule has 0 aliphatic rings. The molecule has 1 unspecified atom stereocenters. The Morgan fingerprint density at radius 1 is 1.00 bits per heavy atom. The van der Waals surface area contributed by atoms with E-state index in [-0.39, 0.29) is 0 Å². The maximum atomic E-state index is 13.0. The average Bonchev–Trinajstić information content (AvgIpc) is 2.23. The van der Waals surface area contributed by atoms with Gasteiger partial charge in [0.2, 0.25) is 0 Å². The molecule has 0 radical (unpaired) electrons. The number of hydrogen-bond acceptors (Lipinski definition) is 2. The van der Waals surface area contributed by atoms with Gasteiger partial charge in [-0.25, -0.2) is 9.18 Å². The molecule has 0 saturated carbocycles. The fraction of sp³-hybridized carbons (Fsp3) is 0.667. The largest absolute Gasteiger partial charge is 0.478 e. The maximum absolute atomic E-state index is 13.0. The zero-order valence-corrected chi connectivity index (χ0v) is 10.3. The quantitative estimate of drug-likeness (QED) is 0.436. The Morgan fingerprint density at radius 2 is 1.43 bits per heavy atom. The summed E-state index contributed by atoms with van der Waals surface area (Å²) in [6, 6.07) is 0. The molecule has 3 nitrogen and oxygen atoms in total. The maximum Gasteiger partial charge on any atom is 0.473 e. The summed E-state index contributed by atoms with van der Waals surface area (Å²) in [6.07, 6.45) is -25.7. The van der Waals surface area contributed by atoms with Crippen LogP contribution in [0.3, 0.4) is 0 Å². The van der Waals surface area contributed by atoms with Gasteiger partial charge in [0.1, 0.15) is 18.0 Å². The highest BCUT2D eigenvalue weighted by atomic mass is 19.4. The summed E-state index contributed by atoms with van der Waals surface area (Å²) in [5.41, 5.74) is -2.22. The van der Waals surface area contributed by atoms with Gasteiger partial charge in [-0.05, 0) is 0 Å². The number of aliphatic carboxylic acids is 1. The lowest BCUT2D eigenvalue weighted by atomic mass is 10.1. The van der Waals surface area contributed by atoms with Crippen LogP contribution in [0, 0.1) is 0 Å². The fourth-order valence-corrected chi connectivity index (χ4v) is 0.948. The molecule has 1 N–H and O–H groups in total. The number of hydrogen-bond donors (Lipinski definition) is 1. The zero-order chi connectivity index (χ0) is 18.9. The van der Waals surface area contributed by atoms with Crippen molar-refractivity contribution >= 4 is 5.97 Å². The van der Waals surface area contributed by atoms with Crippen molar-refractivity contribution < 1.29 is 62.9 Å². The Bertz CT molecular complexity index is 462. The van der Waals surface area contributed by atoms with Crippen LogP contribution in [0.4, 0.5) is 48.3 Å². The molecule has 0 heterocycles. The lowest BCUT2D eigenvalue weighted by Gasteiger charge is -2.26. The second-order valence-electron chi connectivity index (χ2n) is 3.87. The number of carbonyl (C=O) groups is 1. The molecular formula is C9H5F11O3. The normalized spacial score (nSPS) is 16.2. The number of halogens is 11. The summed E-state index contributed by atoms with van der Waals surface area (Å²) in [7, 11) is 0. The van der Waals surface area contributed by atoms with Gasteiger partial charge in [0, 0.05) is 0 Å². The lowest BCUT2D eigenvalue weighted by Crippen LogP contribution is -2.52. The van der Waals surface area contributed by atoms with E-state index in [0.29, 0.717) is 0 Å². The molecule has 0 saturated heterocycles. The molecule has 23 heavy (non-hydrogen) atoms. The van der Waals surface area contributed by atoms with E-state index in [2.05, 4.69) is 4.74 Å². The van der Waals surface area contributed by atoms with Gasteiger partial charge in [-0.2, -0.15) is 43.9 Å². The summed E-state index contributed by atoms with van der Waals surface area (Å²) in [5.74, 6) is -9.44. The van der Waals surface area contributed by atoms with Crippen LogP contribution in [0.2, 0.25) is 0 Å². The van der Waals surface area contributed by atoms with Gasteiger partial charge in [0.25, 0.3) is 0 Å². The molecule has 0 fully saturated rings. The van der Waals surface area contributed by atoms with E-state index < -0.39 is 54.8 Å². The number of rotatable bonds is 6. The van der Waals surface area contributed by atoms with E-state index in [1.165, 1.54) is 0 Å². The molecule has 14 heteroatoms. The highest BCUT2D eigenvalue weighted by Crippen LogP contribution is 2.47. The van der Waals surface area contributed by atoms with Crippen LogP contribution in [0.25, 0.3) is 0 Å². The summed E-state index contributed by atoms with van der Waals surface area (Å²) < 4.78 is 136. The van der Waals surface area contributed by atoms with E-state index in [0.717, 1.165) is 0 Å². The Kier molecular flexibility index (Phi) is 5.90. The van der Waals surface area contributed by atoms with Crippen LogP contribution >= 0.6 is 0 Å². The Hall–Kier alpha value is -1.76. The minimum Gasteiger partial charge on any atom is -0.478 e. The van der Waals surface area contributed by atoms with Crippen LogP contribution in [-0.2, 0) is 9.53 Å². The van der Waals surface area contributed by atoms with Gasteiger partial charge in [0.05, 0.1) is 6.42 Å².